The fourth-order valence-corrected chi connectivity index (χ4v) is 2.63. The second-order valence-electron chi connectivity index (χ2n) is 6.19. The zero-order chi connectivity index (χ0) is 32.0. The van der Waals surface area contributed by atoms with Crippen LogP contribution in [0.15, 0.2) is 55.8 Å². The van der Waals surface area contributed by atoms with E-state index in [1.54, 1.807) is 6.07 Å². The summed E-state index contributed by atoms with van der Waals surface area (Å²) in [6, 6.07) is 5.75. The maximum atomic E-state index is 12.7. The van der Waals surface area contributed by atoms with Crippen molar-refractivity contribution in [3.63, 3.8) is 0 Å². The fraction of sp³-hybridized carbons (Fsp3) is 0.0909. The van der Waals surface area contributed by atoms with E-state index >= 15 is 0 Å². The lowest BCUT2D eigenvalue weighted by Gasteiger charge is -1.93. The number of aliphatic carboxylic acids is 2. The molecule has 0 aliphatic rings. The Bertz CT molecular complexity index is 1350. The molecule has 3 rings (SSSR count). The van der Waals surface area contributed by atoms with Gasteiger partial charge in [-0.3, -0.25) is 16.1 Å². The van der Waals surface area contributed by atoms with Crippen LogP contribution in [0.5, 0.6) is 0 Å². The molecule has 0 aliphatic carbocycles. The van der Waals surface area contributed by atoms with Crippen molar-refractivity contribution < 1.29 is 43.0 Å². The smallest absolute Gasteiger partial charge is 0.414 e. The lowest BCUT2D eigenvalue weighted by Crippen LogP contribution is -2.20. The Morgan fingerprint density at radius 3 is 1.66 bits per heavy atom. The molecule has 41 heavy (non-hydrogen) atoms. The summed E-state index contributed by atoms with van der Waals surface area (Å²) in [5.41, 5.74) is 2.64. The lowest BCUT2D eigenvalue weighted by atomic mass is 10.3. The number of aromatic nitrogens is 3. The maximum Gasteiger partial charge on any atom is 0.414 e. The van der Waals surface area contributed by atoms with Crippen molar-refractivity contribution in [3.8, 4) is 6.07 Å². The predicted octanol–water partition coefficient (Wildman–Crippen LogP) is 4.07. The molecule has 0 aromatic carbocycles. The number of oxime groups is 1. The van der Waals surface area contributed by atoms with Crippen LogP contribution in [0.2, 0.25) is 0 Å². The molecule has 3 aromatic heterocycles. The number of nitrogens with zero attached hydrogens (tertiary/aromatic N) is 5. The zero-order valence-electron chi connectivity index (χ0n) is 20.5. The van der Waals surface area contributed by atoms with Crippen LogP contribution in [0.3, 0.4) is 0 Å². The SMILES string of the molecule is CCNN.N#Cc1cc(Br)ncc1F.O/N=C\c1cc(Br)ncc1F.O=C(O)C(=O)O.O=Cc1cc(Br)ncc1F. The van der Waals surface area contributed by atoms with Gasteiger partial charge in [0.1, 0.15) is 25.7 Å². The molecular weight excluding hydrogens is 755 g/mol. The third-order valence-electron chi connectivity index (χ3n) is 3.36. The zero-order valence-corrected chi connectivity index (χ0v) is 25.2. The maximum absolute atomic E-state index is 12.7. The Balaban J connectivity index is 0. The van der Waals surface area contributed by atoms with Gasteiger partial charge in [0.25, 0.3) is 0 Å². The first-order chi connectivity index (χ1) is 19.3. The number of carbonyl (C=O) groups is 3. The summed E-state index contributed by atoms with van der Waals surface area (Å²) in [5, 5.41) is 33.9. The Hall–Kier alpha value is -3.83. The Labute approximate surface area is 255 Å². The van der Waals surface area contributed by atoms with E-state index in [2.05, 4.69) is 73.3 Å². The van der Waals surface area contributed by atoms with Crippen molar-refractivity contribution in [3.05, 3.63) is 84.7 Å². The van der Waals surface area contributed by atoms with Crippen molar-refractivity contribution in [2.75, 3.05) is 6.54 Å². The number of aldehydes is 1. The number of nitrogens with one attached hydrogen (secondary N) is 1. The number of carbonyl (C=O) groups excluding carboxylic acids is 1. The summed E-state index contributed by atoms with van der Waals surface area (Å²) >= 11 is 9.05. The minimum absolute atomic E-state index is 0.00174. The molecule has 0 unspecified atom stereocenters. The highest BCUT2D eigenvalue weighted by Gasteiger charge is 2.04. The number of rotatable bonds is 3. The summed E-state index contributed by atoms with van der Waals surface area (Å²) in [4.78, 5) is 39.1. The molecular formula is C22H19Br3F3N7O6. The molecule has 19 heteroatoms. The third-order valence-corrected chi connectivity index (χ3v) is 4.66. The quantitative estimate of drug-likeness (QED) is 0.0483. The summed E-state index contributed by atoms with van der Waals surface area (Å²) in [6.07, 6.45) is 4.49. The van der Waals surface area contributed by atoms with Gasteiger partial charge >= 0.3 is 11.9 Å². The topological polar surface area (TPSA) is 225 Å². The Morgan fingerprint density at radius 2 is 1.34 bits per heavy atom. The summed E-state index contributed by atoms with van der Waals surface area (Å²) < 4.78 is 39.0. The highest BCUT2D eigenvalue weighted by atomic mass is 79.9. The number of nitrogens with two attached hydrogens (primary N) is 1. The van der Waals surface area contributed by atoms with Gasteiger partial charge in [0.2, 0.25) is 0 Å². The van der Waals surface area contributed by atoms with Gasteiger partial charge in [0, 0.05) is 12.1 Å². The molecule has 0 saturated carbocycles. The molecule has 0 aliphatic heterocycles. The molecule has 0 radical (unpaired) electrons. The van der Waals surface area contributed by atoms with Gasteiger partial charge in [0.15, 0.2) is 17.9 Å². The number of carboxylic acids is 2. The predicted molar refractivity (Wildman–Crippen MR) is 148 cm³/mol. The Kier molecular flexibility index (Phi) is 22.0. The van der Waals surface area contributed by atoms with Crippen molar-refractivity contribution in [2.24, 2.45) is 11.0 Å². The number of hydrogen-bond acceptors (Lipinski definition) is 11. The van der Waals surface area contributed by atoms with Crippen molar-refractivity contribution in [1.29, 1.82) is 5.26 Å². The van der Waals surface area contributed by atoms with E-state index in [0.717, 1.165) is 31.3 Å². The van der Waals surface area contributed by atoms with Crippen LogP contribution in [0.1, 0.15) is 28.4 Å². The molecule has 0 amide bonds. The van der Waals surface area contributed by atoms with E-state index < -0.39 is 29.4 Å². The average Bonchev–Trinajstić information content (AvgIpc) is 2.94. The van der Waals surface area contributed by atoms with E-state index in [1.807, 2.05) is 6.92 Å². The van der Waals surface area contributed by atoms with Gasteiger partial charge in [-0.1, -0.05) is 12.1 Å². The molecule has 0 fully saturated rings. The molecule has 0 bridgehead atoms. The van der Waals surface area contributed by atoms with E-state index in [0.29, 0.717) is 20.1 Å². The molecule has 0 atom stereocenters. The van der Waals surface area contributed by atoms with E-state index in [1.165, 1.54) is 18.2 Å². The lowest BCUT2D eigenvalue weighted by molar-refractivity contribution is -0.159. The minimum atomic E-state index is -1.82. The standard InChI is InChI=1S/C6H4BrFN2O.C6H2BrFN2.C6H3BrFNO.C2H8N2.C2H2O4/c7-6-1-4(2-10-11)5(8)3-9-6;7-6-1-4(2-9)5(8)3-10-6;7-6-1-4(3-10)5(8)2-9-6;1-2-4-3;3-1(4)2(5)6/h1-3,11H;1,3H;1-3H;4H,2-3H2,1H3;(H,3,4)(H,5,6)/b10-2-;;;;. The van der Waals surface area contributed by atoms with Crippen LogP contribution in [0.25, 0.3) is 0 Å². The van der Waals surface area contributed by atoms with Crippen LogP contribution in [-0.2, 0) is 9.59 Å². The fourth-order valence-electron chi connectivity index (χ4n) is 1.61. The highest BCUT2D eigenvalue weighted by molar-refractivity contribution is 9.11. The first-order valence-electron chi connectivity index (χ1n) is 10.1. The van der Waals surface area contributed by atoms with Crippen LogP contribution < -0.4 is 11.3 Å². The number of hydrogen-bond donors (Lipinski definition) is 5. The summed E-state index contributed by atoms with van der Waals surface area (Å²) in [5.74, 6) is -0.583. The monoisotopic (exact) mass is 771 g/mol. The van der Waals surface area contributed by atoms with Gasteiger partial charge in [-0.15, -0.1) is 0 Å². The average molecular weight is 774 g/mol. The second-order valence-corrected chi connectivity index (χ2v) is 8.62. The Morgan fingerprint density at radius 1 is 0.951 bits per heavy atom. The molecule has 0 saturated heterocycles. The van der Waals surface area contributed by atoms with Crippen LogP contribution in [0, 0.1) is 28.8 Å². The normalized spacial score (nSPS) is 9.15. The second kappa shape index (κ2) is 22.9. The van der Waals surface area contributed by atoms with Crippen LogP contribution in [-0.4, -0.2) is 61.4 Å². The van der Waals surface area contributed by atoms with E-state index in [4.69, 9.17) is 36.1 Å². The third kappa shape index (κ3) is 19.0. The van der Waals surface area contributed by atoms with E-state index in [-0.39, 0.29) is 16.7 Å². The van der Waals surface area contributed by atoms with E-state index in [9.17, 15) is 18.0 Å². The van der Waals surface area contributed by atoms with Crippen molar-refractivity contribution in [1.82, 2.24) is 20.4 Å². The number of nitriles is 1. The minimum Gasteiger partial charge on any atom is -0.473 e. The first kappa shape index (κ1) is 39.3. The number of halogens is 6. The highest BCUT2D eigenvalue weighted by Crippen LogP contribution is 2.11. The molecule has 3 aromatic rings. The molecule has 220 valence electrons. The number of carboxylic acid groups (broad SMARTS) is 2. The molecule has 3 heterocycles. The van der Waals surface area contributed by atoms with Gasteiger partial charge in [-0.25, -0.2) is 37.7 Å². The number of hydrazine groups is 1. The number of pyridine rings is 3. The largest absolute Gasteiger partial charge is 0.473 e. The van der Waals surface area contributed by atoms with Crippen LogP contribution in [0.4, 0.5) is 13.2 Å². The summed E-state index contributed by atoms with van der Waals surface area (Å²) in [6.45, 7) is 2.79. The van der Waals surface area contributed by atoms with Gasteiger partial charge in [-0.05, 0) is 66.0 Å². The molecule has 0 spiro atoms. The first-order valence-corrected chi connectivity index (χ1v) is 12.5. The van der Waals surface area contributed by atoms with Crippen molar-refractivity contribution in [2.45, 2.75) is 6.92 Å². The summed E-state index contributed by atoms with van der Waals surface area (Å²) in [7, 11) is 0. The van der Waals surface area contributed by atoms with Gasteiger partial charge < -0.3 is 15.4 Å². The van der Waals surface area contributed by atoms with Gasteiger partial charge in [-0.2, -0.15) is 5.26 Å². The van der Waals surface area contributed by atoms with Crippen molar-refractivity contribution >= 4 is 72.2 Å². The van der Waals surface area contributed by atoms with Gasteiger partial charge in [0.05, 0.1) is 35.9 Å². The molecule has 6 N–H and O–H groups in total. The van der Waals surface area contributed by atoms with Crippen LogP contribution >= 0.6 is 47.8 Å². The molecule has 13 nitrogen and oxygen atoms in total.